The van der Waals surface area contributed by atoms with Gasteiger partial charge in [0.1, 0.15) is 0 Å². The second kappa shape index (κ2) is 43.0. The molecule has 0 atom stereocenters. The highest BCUT2D eigenvalue weighted by Gasteiger charge is 1.98. The molecule has 0 aromatic rings. The minimum absolute atomic E-state index is 0.00147. The molecule has 0 saturated heterocycles. The number of unbranched alkanes of at least 4 members (excludes halogenated alkanes) is 2. The Morgan fingerprint density at radius 3 is 0.894 bits per heavy atom. The van der Waals surface area contributed by atoms with Crippen molar-refractivity contribution in [3.8, 4) is 0 Å². The predicted molar refractivity (Wildman–Crippen MR) is 174 cm³/mol. The lowest BCUT2D eigenvalue weighted by Crippen LogP contribution is -2.21. The molecule has 0 fully saturated rings. The number of rotatable bonds is 43. The summed E-state index contributed by atoms with van der Waals surface area (Å²) in [5.41, 5.74) is 0. The van der Waals surface area contributed by atoms with Gasteiger partial charge in [-0.05, 0) is 13.0 Å². The highest BCUT2D eigenvalue weighted by molar-refractivity contribution is 5.66. The van der Waals surface area contributed by atoms with E-state index in [-0.39, 0.29) is 13.0 Å². The Kier molecular flexibility index (Phi) is 42.0. The third kappa shape index (κ3) is 44.9. The summed E-state index contributed by atoms with van der Waals surface area (Å²) in [6.07, 6.45) is 3.74. The zero-order valence-electron chi connectivity index (χ0n) is 29.0. The van der Waals surface area contributed by atoms with Gasteiger partial charge >= 0.3 is 5.97 Å². The molecule has 0 aliphatic heterocycles. The van der Waals surface area contributed by atoms with Gasteiger partial charge in [-0.3, -0.25) is 4.79 Å². The minimum atomic E-state index is -0.873. The Labute approximate surface area is 282 Å². The first-order chi connectivity index (χ1) is 23.3. The zero-order chi connectivity index (χ0) is 34.0. The van der Waals surface area contributed by atoms with Gasteiger partial charge in [-0.2, -0.15) is 0 Å². The van der Waals surface area contributed by atoms with Crippen molar-refractivity contribution in [2.45, 2.75) is 32.6 Å². The maximum absolute atomic E-state index is 10.3. The van der Waals surface area contributed by atoms with Crippen LogP contribution in [-0.4, -0.2) is 183 Å². The van der Waals surface area contributed by atoms with Crippen molar-refractivity contribution in [2.75, 3.05) is 172 Å². The SMILES string of the molecule is CCCCCNCCOCCOCCOCCOCCOCCOCCOCCOCCOCCOCCOCCOCCC(=O)O. The third-order valence-corrected chi connectivity index (χ3v) is 5.93. The maximum Gasteiger partial charge on any atom is 0.305 e. The van der Waals surface area contributed by atoms with Gasteiger partial charge in [0.15, 0.2) is 0 Å². The molecule has 0 aromatic heterocycles. The van der Waals surface area contributed by atoms with Crippen LogP contribution >= 0.6 is 0 Å². The van der Waals surface area contributed by atoms with Gasteiger partial charge < -0.3 is 67.3 Å². The van der Waals surface area contributed by atoms with Gasteiger partial charge in [-0.1, -0.05) is 19.8 Å². The number of carboxylic acid groups (broad SMARTS) is 1. The van der Waals surface area contributed by atoms with Crippen LogP contribution in [-0.2, 0) is 61.6 Å². The normalized spacial score (nSPS) is 11.5. The van der Waals surface area contributed by atoms with Crippen molar-refractivity contribution >= 4 is 5.97 Å². The molecule has 0 unspecified atom stereocenters. The molecule has 0 aliphatic carbocycles. The molecule has 0 rings (SSSR count). The van der Waals surface area contributed by atoms with Crippen molar-refractivity contribution in [1.82, 2.24) is 5.32 Å². The molecule has 0 amide bonds. The zero-order valence-corrected chi connectivity index (χ0v) is 29.0. The molecule has 0 aliphatic rings. The Morgan fingerprint density at radius 1 is 0.383 bits per heavy atom. The topological polar surface area (TPSA) is 160 Å². The van der Waals surface area contributed by atoms with E-state index in [0.717, 1.165) is 13.1 Å². The van der Waals surface area contributed by atoms with Crippen LogP contribution in [0.15, 0.2) is 0 Å². The summed E-state index contributed by atoms with van der Waals surface area (Å²) in [6.45, 7) is 16.0. The van der Waals surface area contributed by atoms with Crippen LogP contribution in [0.5, 0.6) is 0 Å². The number of hydrogen-bond donors (Lipinski definition) is 2. The molecule has 282 valence electrons. The van der Waals surface area contributed by atoms with Gasteiger partial charge in [0.05, 0.1) is 165 Å². The number of aliphatic carboxylic acids is 1. The highest BCUT2D eigenvalue weighted by atomic mass is 16.6. The Bertz CT molecular complexity index is 594. The molecule has 15 nitrogen and oxygen atoms in total. The highest BCUT2D eigenvalue weighted by Crippen LogP contribution is 1.91. The number of carbonyl (C=O) groups is 1. The monoisotopic (exact) mass is 687 g/mol. The first kappa shape index (κ1) is 46.0. The molecule has 47 heavy (non-hydrogen) atoms. The standard InChI is InChI=1S/C32H65NO14/c1-2-3-4-6-33-7-9-37-11-13-39-15-17-41-19-21-43-23-25-45-27-29-47-31-30-46-28-26-44-24-22-42-20-18-40-16-14-38-12-10-36-8-5-32(34)35/h33H,2-31H2,1H3,(H,34,35). The van der Waals surface area contributed by atoms with E-state index in [1.165, 1.54) is 19.3 Å². The average molecular weight is 688 g/mol. The van der Waals surface area contributed by atoms with Crippen molar-refractivity contribution in [2.24, 2.45) is 0 Å². The van der Waals surface area contributed by atoms with Gasteiger partial charge in [-0.25, -0.2) is 0 Å². The van der Waals surface area contributed by atoms with E-state index in [2.05, 4.69) is 12.2 Å². The molecule has 0 aromatic carbocycles. The minimum Gasteiger partial charge on any atom is -0.481 e. The first-order valence-corrected chi connectivity index (χ1v) is 17.1. The molecule has 0 saturated carbocycles. The van der Waals surface area contributed by atoms with Crippen LogP contribution < -0.4 is 5.32 Å². The lowest BCUT2D eigenvalue weighted by Gasteiger charge is -2.09. The van der Waals surface area contributed by atoms with Crippen LogP contribution in [0.1, 0.15) is 32.6 Å². The quantitative estimate of drug-likeness (QED) is 0.0886. The Hall–Kier alpha value is -1.05. The fraction of sp³-hybridized carbons (Fsp3) is 0.969. The van der Waals surface area contributed by atoms with E-state index in [4.69, 9.17) is 61.9 Å². The van der Waals surface area contributed by atoms with E-state index in [9.17, 15) is 4.79 Å². The maximum atomic E-state index is 10.3. The van der Waals surface area contributed by atoms with E-state index in [1.807, 2.05) is 0 Å². The van der Waals surface area contributed by atoms with E-state index in [0.29, 0.717) is 152 Å². The van der Waals surface area contributed by atoms with Crippen molar-refractivity contribution in [1.29, 1.82) is 0 Å². The lowest BCUT2D eigenvalue weighted by molar-refractivity contribution is -0.138. The molecule has 0 spiro atoms. The van der Waals surface area contributed by atoms with Gasteiger partial charge in [0.25, 0.3) is 0 Å². The third-order valence-electron chi connectivity index (χ3n) is 5.93. The summed E-state index contributed by atoms with van der Waals surface area (Å²) in [6, 6.07) is 0. The largest absolute Gasteiger partial charge is 0.481 e. The molecule has 0 heterocycles. The number of nitrogens with one attached hydrogen (secondary N) is 1. The van der Waals surface area contributed by atoms with E-state index in [1.54, 1.807) is 0 Å². The molecular formula is C32H65NO14. The van der Waals surface area contributed by atoms with Crippen LogP contribution in [0.25, 0.3) is 0 Å². The summed E-state index contributed by atoms with van der Waals surface area (Å²) in [4.78, 5) is 10.3. The lowest BCUT2D eigenvalue weighted by atomic mass is 10.2. The summed E-state index contributed by atoms with van der Waals surface area (Å²) < 4.78 is 65.1. The Balaban J connectivity index is 3.04. The van der Waals surface area contributed by atoms with Crippen molar-refractivity contribution in [3.05, 3.63) is 0 Å². The van der Waals surface area contributed by atoms with Crippen LogP contribution in [0.3, 0.4) is 0 Å². The fourth-order valence-electron chi connectivity index (χ4n) is 3.45. The second-order valence-electron chi connectivity index (χ2n) is 9.95. The van der Waals surface area contributed by atoms with Gasteiger partial charge in [0.2, 0.25) is 0 Å². The number of hydrogen-bond acceptors (Lipinski definition) is 14. The summed E-state index contributed by atoms with van der Waals surface area (Å²) >= 11 is 0. The summed E-state index contributed by atoms with van der Waals surface area (Å²) in [5.74, 6) is -0.873. The van der Waals surface area contributed by atoms with Gasteiger partial charge in [-0.15, -0.1) is 0 Å². The van der Waals surface area contributed by atoms with Crippen molar-refractivity contribution < 1.29 is 66.7 Å². The Morgan fingerprint density at radius 2 is 0.638 bits per heavy atom. The predicted octanol–water partition coefficient (Wildman–Crippen LogP) is 1.44. The van der Waals surface area contributed by atoms with Crippen LogP contribution in [0, 0.1) is 0 Å². The van der Waals surface area contributed by atoms with E-state index < -0.39 is 5.97 Å². The molecule has 2 N–H and O–H groups in total. The van der Waals surface area contributed by atoms with Gasteiger partial charge in [0, 0.05) is 6.54 Å². The molecule has 0 radical (unpaired) electrons. The average Bonchev–Trinajstić information content (AvgIpc) is 3.07. The summed E-state index contributed by atoms with van der Waals surface area (Å²) in [5, 5.41) is 11.9. The summed E-state index contributed by atoms with van der Waals surface area (Å²) in [7, 11) is 0. The smallest absolute Gasteiger partial charge is 0.305 e. The number of ether oxygens (including phenoxy) is 12. The molecule has 0 bridgehead atoms. The second-order valence-corrected chi connectivity index (χ2v) is 9.95. The molecule has 15 heteroatoms. The first-order valence-electron chi connectivity index (χ1n) is 17.1. The van der Waals surface area contributed by atoms with Crippen LogP contribution in [0.2, 0.25) is 0 Å². The number of carboxylic acids is 1. The van der Waals surface area contributed by atoms with Crippen molar-refractivity contribution in [3.63, 3.8) is 0 Å². The van der Waals surface area contributed by atoms with Crippen LogP contribution in [0.4, 0.5) is 0 Å². The van der Waals surface area contributed by atoms with E-state index >= 15 is 0 Å². The fourth-order valence-corrected chi connectivity index (χ4v) is 3.45. The molecular weight excluding hydrogens is 622 g/mol.